The second-order valence-corrected chi connectivity index (χ2v) is 12.4. The highest BCUT2D eigenvalue weighted by molar-refractivity contribution is 8.14. The second kappa shape index (κ2) is 11.5. The van der Waals surface area contributed by atoms with Crippen molar-refractivity contribution in [2.24, 2.45) is 4.74 Å². The topological polar surface area (TPSA) is 38.7 Å². The van der Waals surface area contributed by atoms with Crippen molar-refractivity contribution in [3.8, 4) is 5.75 Å². The number of rotatable bonds is 7. The first kappa shape index (κ1) is 24.8. The van der Waals surface area contributed by atoms with Gasteiger partial charge in [0.15, 0.2) is 0 Å². The van der Waals surface area contributed by atoms with Gasteiger partial charge in [0.05, 0.1) is 25.4 Å². The van der Waals surface area contributed by atoms with Gasteiger partial charge in [0.1, 0.15) is 5.75 Å². The van der Waals surface area contributed by atoms with E-state index in [-0.39, 0.29) is 5.12 Å². The number of nitrogens with zero attached hydrogens (tertiary/aromatic N) is 1. The largest absolute Gasteiger partial charge is 0.497 e. The van der Waals surface area contributed by atoms with Gasteiger partial charge in [-0.3, -0.25) is 9.54 Å². The lowest BCUT2D eigenvalue weighted by Gasteiger charge is -2.27. The number of ether oxygens (including phenoxy) is 1. The fraction of sp³-hybridized carbons (Fsp3) is 0.0312. The number of carbonyl (C=O) groups is 1. The van der Waals surface area contributed by atoms with Gasteiger partial charge in [0, 0.05) is 20.8 Å². The van der Waals surface area contributed by atoms with E-state index in [0.717, 1.165) is 26.6 Å². The van der Waals surface area contributed by atoms with Crippen LogP contribution in [0.2, 0.25) is 0 Å². The Bertz CT molecular complexity index is 1430. The molecule has 5 rings (SSSR count). The summed E-state index contributed by atoms with van der Waals surface area (Å²) in [7, 11) is -0.856. The summed E-state index contributed by atoms with van der Waals surface area (Å²) < 4.78 is 10.8. The van der Waals surface area contributed by atoms with Gasteiger partial charge in [0.2, 0.25) is 5.12 Å². The van der Waals surface area contributed by atoms with E-state index in [9.17, 15) is 4.79 Å². The fourth-order valence-corrected chi connectivity index (χ4v) is 8.57. The standard InChI is InChI=1S/C32H26NO2PS/c1-35-25-21-23-29(24-22-25)37-32(34)30-19-11-12-20-31(30)33-36(26-13-5-2-6-14-26,27-15-7-3-8-16-27)28-17-9-4-10-18-28/h2-24H,1H3. The summed E-state index contributed by atoms with van der Waals surface area (Å²) >= 11 is 1.20. The Labute approximate surface area is 222 Å². The average molecular weight is 520 g/mol. The first-order chi connectivity index (χ1) is 18.2. The molecule has 182 valence electrons. The summed E-state index contributed by atoms with van der Waals surface area (Å²) in [6.45, 7) is 0. The molecule has 0 aromatic heterocycles. The summed E-state index contributed by atoms with van der Waals surface area (Å²) in [4.78, 5) is 14.4. The number of benzene rings is 5. The van der Waals surface area contributed by atoms with Gasteiger partial charge in [-0.25, -0.2) is 0 Å². The zero-order valence-corrected chi connectivity index (χ0v) is 22.1. The molecular weight excluding hydrogens is 493 g/mol. The Balaban J connectivity index is 1.71. The van der Waals surface area contributed by atoms with Crippen LogP contribution in [0.4, 0.5) is 5.69 Å². The van der Waals surface area contributed by atoms with Crippen molar-refractivity contribution in [2.45, 2.75) is 4.90 Å². The lowest BCUT2D eigenvalue weighted by atomic mass is 10.2. The molecule has 0 aliphatic heterocycles. The molecule has 5 aromatic rings. The van der Waals surface area contributed by atoms with Crippen LogP contribution in [0.3, 0.4) is 0 Å². The molecule has 3 nitrogen and oxygen atoms in total. The maximum absolute atomic E-state index is 13.6. The highest BCUT2D eigenvalue weighted by Crippen LogP contribution is 2.50. The molecule has 0 aliphatic rings. The van der Waals surface area contributed by atoms with E-state index in [2.05, 4.69) is 72.8 Å². The normalized spacial score (nSPS) is 11.1. The van der Waals surface area contributed by atoms with Gasteiger partial charge in [0.25, 0.3) is 0 Å². The lowest BCUT2D eigenvalue weighted by Crippen LogP contribution is -2.25. The molecule has 37 heavy (non-hydrogen) atoms. The number of carbonyl (C=O) groups excluding carboxylic acids is 1. The van der Waals surface area contributed by atoms with Crippen molar-refractivity contribution in [1.29, 1.82) is 0 Å². The van der Waals surface area contributed by atoms with Crippen molar-refractivity contribution in [1.82, 2.24) is 0 Å². The van der Waals surface area contributed by atoms with E-state index in [1.54, 1.807) is 7.11 Å². The van der Waals surface area contributed by atoms with E-state index in [0.29, 0.717) is 11.3 Å². The summed E-state index contributed by atoms with van der Waals surface area (Å²) in [5.41, 5.74) is 1.29. The predicted octanol–water partition coefficient (Wildman–Crippen LogP) is 7.44. The van der Waals surface area contributed by atoms with E-state index in [1.807, 2.05) is 66.7 Å². The SMILES string of the molecule is COc1ccc(SC(=O)c2ccccc2N=P(c2ccccc2)(c2ccccc2)c2ccccc2)cc1. The van der Waals surface area contributed by atoms with Crippen LogP contribution in [0.1, 0.15) is 10.4 Å². The van der Waals surface area contributed by atoms with Crippen LogP contribution < -0.4 is 20.7 Å². The highest BCUT2D eigenvalue weighted by Gasteiger charge is 2.28. The molecule has 0 amide bonds. The summed E-state index contributed by atoms with van der Waals surface area (Å²) in [6, 6.07) is 46.5. The first-order valence-corrected chi connectivity index (χ1v) is 14.5. The zero-order valence-electron chi connectivity index (χ0n) is 20.4. The van der Waals surface area contributed by atoms with Crippen LogP contribution in [0.5, 0.6) is 5.75 Å². The summed E-state index contributed by atoms with van der Waals surface area (Å²) in [5.74, 6) is 0.760. The quantitative estimate of drug-likeness (QED) is 0.166. The molecule has 0 bridgehead atoms. The van der Waals surface area contributed by atoms with Crippen LogP contribution in [0.25, 0.3) is 0 Å². The molecule has 5 heteroatoms. The molecular formula is C32H26NO2PS. The third kappa shape index (κ3) is 5.32. The minimum Gasteiger partial charge on any atom is -0.497 e. The fourth-order valence-electron chi connectivity index (χ4n) is 4.25. The van der Waals surface area contributed by atoms with Crippen LogP contribution in [0.15, 0.2) is 149 Å². The van der Waals surface area contributed by atoms with Crippen molar-refractivity contribution < 1.29 is 9.53 Å². The van der Waals surface area contributed by atoms with E-state index in [1.165, 1.54) is 11.8 Å². The molecule has 0 unspecified atom stereocenters. The average Bonchev–Trinajstić information content (AvgIpc) is 2.98. The molecule has 0 spiro atoms. The smallest absolute Gasteiger partial charge is 0.226 e. The minimum absolute atomic E-state index is 0.0446. The van der Waals surface area contributed by atoms with Crippen molar-refractivity contribution in [2.75, 3.05) is 7.11 Å². The summed E-state index contributed by atoms with van der Waals surface area (Å²) in [5, 5.41) is 3.36. The van der Waals surface area contributed by atoms with Crippen LogP contribution >= 0.6 is 18.8 Å². The van der Waals surface area contributed by atoms with E-state index < -0.39 is 7.05 Å². The number of hydrogen-bond donors (Lipinski definition) is 0. The van der Waals surface area contributed by atoms with Crippen molar-refractivity contribution in [3.05, 3.63) is 145 Å². The second-order valence-electron chi connectivity index (χ2n) is 8.32. The maximum Gasteiger partial charge on any atom is 0.226 e. The van der Waals surface area contributed by atoms with Crippen LogP contribution in [-0.2, 0) is 0 Å². The molecule has 0 saturated heterocycles. The molecule has 0 radical (unpaired) electrons. The Kier molecular flexibility index (Phi) is 7.70. The Morgan fingerprint density at radius 1 is 0.622 bits per heavy atom. The molecule has 0 aliphatic carbocycles. The van der Waals surface area contributed by atoms with Gasteiger partial charge in [-0.1, -0.05) is 103 Å². The predicted molar refractivity (Wildman–Crippen MR) is 157 cm³/mol. The molecule has 0 heterocycles. The van der Waals surface area contributed by atoms with Crippen LogP contribution in [-0.4, -0.2) is 12.2 Å². The Hall–Kier alpha value is -3.85. The first-order valence-electron chi connectivity index (χ1n) is 11.9. The lowest BCUT2D eigenvalue weighted by molar-refractivity contribution is 0.108. The molecule has 5 aromatic carbocycles. The molecule has 0 N–H and O–H groups in total. The minimum atomic E-state index is -2.49. The Morgan fingerprint density at radius 2 is 1.08 bits per heavy atom. The van der Waals surface area contributed by atoms with Gasteiger partial charge in [-0.15, -0.1) is 0 Å². The third-order valence-corrected chi connectivity index (χ3v) is 10.6. The zero-order chi connectivity index (χ0) is 25.5. The number of thioether (sulfide) groups is 1. The number of methoxy groups -OCH3 is 1. The highest BCUT2D eigenvalue weighted by atomic mass is 32.2. The van der Waals surface area contributed by atoms with Gasteiger partial charge in [-0.05, 0) is 48.2 Å². The Morgan fingerprint density at radius 3 is 1.57 bits per heavy atom. The van der Waals surface area contributed by atoms with Gasteiger partial charge < -0.3 is 4.74 Å². The van der Waals surface area contributed by atoms with Crippen molar-refractivity contribution in [3.63, 3.8) is 0 Å². The monoisotopic (exact) mass is 519 g/mol. The van der Waals surface area contributed by atoms with Gasteiger partial charge >= 0.3 is 0 Å². The van der Waals surface area contributed by atoms with Gasteiger partial charge in [-0.2, -0.15) is 0 Å². The third-order valence-electron chi connectivity index (χ3n) is 6.04. The molecule has 0 saturated carbocycles. The number of hydrogen-bond acceptors (Lipinski definition) is 4. The van der Waals surface area contributed by atoms with E-state index in [4.69, 9.17) is 9.48 Å². The van der Waals surface area contributed by atoms with E-state index >= 15 is 0 Å². The molecule has 0 atom stereocenters. The molecule has 0 fully saturated rings. The maximum atomic E-state index is 13.6. The van der Waals surface area contributed by atoms with Crippen LogP contribution in [0, 0.1) is 0 Å². The van der Waals surface area contributed by atoms with Crippen molar-refractivity contribution >= 4 is 45.5 Å². The summed E-state index contributed by atoms with van der Waals surface area (Å²) in [6.07, 6.45) is 0.